The van der Waals surface area contributed by atoms with Crippen molar-refractivity contribution >= 4 is 0 Å². The maximum Gasteiger partial charge on any atom is 0.0757 e. The first-order valence-corrected chi connectivity index (χ1v) is 8.14. The van der Waals surface area contributed by atoms with Crippen LogP contribution < -0.4 is 5.73 Å². The van der Waals surface area contributed by atoms with E-state index in [4.69, 9.17) is 10.5 Å². The summed E-state index contributed by atoms with van der Waals surface area (Å²) in [5, 5.41) is 0. The Kier molecular flexibility index (Phi) is 3.85. The summed E-state index contributed by atoms with van der Waals surface area (Å²) in [5.74, 6) is 0. The highest BCUT2D eigenvalue weighted by molar-refractivity contribution is 5.32. The normalized spacial score (nSPS) is 32.7. The van der Waals surface area contributed by atoms with Crippen molar-refractivity contribution < 1.29 is 4.74 Å². The highest BCUT2D eigenvalue weighted by atomic mass is 16.5. The van der Waals surface area contributed by atoms with Crippen LogP contribution in [0, 0.1) is 0 Å². The fourth-order valence-corrected chi connectivity index (χ4v) is 4.17. The first-order valence-electron chi connectivity index (χ1n) is 8.14. The van der Waals surface area contributed by atoms with Crippen molar-refractivity contribution in [2.24, 2.45) is 5.73 Å². The molecule has 1 heterocycles. The van der Waals surface area contributed by atoms with Gasteiger partial charge >= 0.3 is 0 Å². The van der Waals surface area contributed by atoms with E-state index in [0.717, 1.165) is 38.9 Å². The van der Waals surface area contributed by atoms with E-state index in [9.17, 15) is 0 Å². The quantitative estimate of drug-likeness (QED) is 0.908. The molecule has 0 radical (unpaired) electrons. The molecule has 1 aliphatic carbocycles. The van der Waals surface area contributed by atoms with E-state index in [1.165, 1.54) is 11.1 Å². The van der Waals surface area contributed by atoms with Gasteiger partial charge in [-0.05, 0) is 51.2 Å². The summed E-state index contributed by atoms with van der Waals surface area (Å²) < 4.78 is 6.07. The molecule has 2 unspecified atom stereocenters. The van der Waals surface area contributed by atoms with Crippen molar-refractivity contribution in [3.8, 4) is 0 Å². The molecule has 2 aliphatic rings. The number of aryl methyl sites for hydroxylation is 1. The molecule has 2 N–H and O–H groups in total. The predicted molar refractivity (Wildman–Crippen MR) is 86.5 cm³/mol. The molecule has 3 heteroatoms. The molecule has 116 valence electrons. The molecular formula is C18H28N2O. The molecule has 3 nitrogen and oxygen atoms in total. The predicted octanol–water partition coefficient (Wildman–Crippen LogP) is 2.37. The largest absolute Gasteiger partial charge is 0.370 e. The van der Waals surface area contributed by atoms with Gasteiger partial charge in [0.15, 0.2) is 0 Å². The van der Waals surface area contributed by atoms with E-state index in [1.807, 2.05) is 0 Å². The Balaban J connectivity index is 1.88. The third kappa shape index (κ3) is 2.87. The zero-order valence-corrected chi connectivity index (χ0v) is 13.6. The lowest BCUT2D eigenvalue weighted by Crippen LogP contribution is -2.65. The van der Waals surface area contributed by atoms with Crippen molar-refractivity contribution in [2.75, 3.05) is 19.6 Å². The van der Waals surface area contributed by atoms with Crippen LogP contribution >= 0.6 is 0 Å². The van der Waals surface area contributed by atoms with Crippen LogP contribution in [0.3, 0.4) is 0 Å². The molecule has 0 amide bonds. The number of benzene rings is 1. The van der Waals surface area contributed by atoms with Crippen molar-refractivity contribution in [1.82, 2.24) is 4.90 Å². The number of nitrogens with zero attached hydrogens (tertiary/aromatic N) is 1. The minimum Gasteiger partial charge on any atom is -0.370 e. The molecule has 21 heavy (non-hydrogen) atoms. The molecule has 0 aromatic heterocycles. The van der Waals surface area contributed by atoms with Crippen molar-refractivity contribution in [1.29, 1.82) is 0 Å². The van der Waals surface area contributed by atoms with Gasteiger partial charge < -0.3 is 10.5 Å². The summed E-state index contributed by atoms with van der Waals surface area (Å²) in [6.45, 7) is 9.24. The number of rotatable bonds is 2. The average molecular weight is 288 g/mol. The molecular weight excluding hydrogens is 260 g/mol. The zero-order valence-electron chi connectivity index (χ0n) is 13.6. The van der Waals surface area contributed by atoms with Crippen LogP contribution in [0.5, 0.6) is 0 Å². The second-order valence-electron chi connectivity index (χ2n) is 7.44. The van der Waals surface area contributed by atoms with Gasteiger partial charge in [-0.25, -0.2) is 0 Å². The topological polar surface area (TPSA) is 38.5 Å². The fraction of sp³-hybridized carbons (Fsp3) is 0.667. The van der Waals surface area contributed by atoms with Crippen LogP contribution in [0.25, 0.3) is 0 Å². The first kappa shape index (κ1) is 15.0. The lowest BCUT2D eigenvalue weighted by Gasteiger charge is -2.53. The summed E-state index contributed by atoms with van der Waals surface area (Å²) in [6, 6.07) is 8.83. The van der Waals surface area contributed by atoms with Gasteiger partial charge in [0.1, 0.15) is 0 Å². The van der Waals surface area contributed by atoms with Crippen LogP contribution in [0.2, 0.25) is 0 Å². The Hall–Kier alpha value is -0.900. The van der Waals surface area contributed by atoms with E-state index < -0.39 is 0 Å². The van der Waals surface area contributed by atoms with Gasteiger partial charge in [-0.2, -0.15) is 0 Å². The SMILES string of the molecule is CC1CN(C2(CN)CCc3ccccc3C2)CC(C)(C)O1. The molecule has 1 aliphatic heterocycles. The summed E-state index contributed by atoms with van der Waals surface area (Å²) in [4.78, 5) is 2.61. The Bertz CT molecular complexity index is 514. The fourth-order valence-electron chi connectivity index (χ4n) is 4.17. The number of hydrogen-bond acceptors (Lipinski definition) is 3. The molecule has 1 aromatic rings. The van der Waals surface area contributed by atoms with E-state index in [0.29, 0.717) is 0 Å². The monoisotopic (exact) mass is 288 g/mol. The second-order valence-corrected chi connectivity index (χ2v) is 7.44. The van der Waals surface area contributed by atoms with Gasteiger partial charge in [-0.1, -0.05) is 24.3 Å². The first-order chi connectivity index (χ1) is 9.94. The van der Waals surface area contributed by atoms with Gasteiger partial charge in [0, 0.05) is 25.2 Å². The molecule has 1 fully saturated rings. The van der Waals surface area contributed by atoms with Crippen molar-refractivity contribution in [3.05, 3.63) is 35.4 Å². The Morgan fingerprint density at radius 1 is 1.29 bits per heavy atom. The highest BCUT2D eigenvalue weighted by Crippen LogP contribution is 2.36. The Morgan fingerprint density at radius 2 is 2.00 bits per heavy atom. The number of nitrogens with two attached hydrogens (primary N) is 1. The standard InChI is InChI=1S/C18H28N2O/c1-14-11-20(13-17(2,3)21-14)18(12-19)9-8-15-6-4-5-7-16(15)10-18/h4-7,14H,8-13,19H2,1-3H3. The molecule has 2 atom stereocenters. The molecule has 0 spiro atoms. The highest BCUT2D eigenvalue weighted by Gasteiger charge is 2.44. The van der Waals surface area contributed by atoms with E-state index >= 15 is 0 Å². The van der Waals surface area contributed by atoms with Crippen LogP contribution in [0.15, 0.2) is 24.3 Å². The Morgan fingerprint density at radius 3 is 2.67 bits per heavy atom. The summed E-state index contributed by atoms with van der Waals surface area (Å²) in [5.41, 5.74) is 9.27. The van der Waals surface area contributed by atoms with Gasteiger partial charge in [-0.3, -0.25) is 4.90 Å². The lowest BCUT2D eigenvalue weighted by atomic mass is 9.76. The zero-order chi connectivity index (χ0) is 15.1. The van der Waals surface area contributed by atoms with E-state index in [1.54, 1.807) is 0 Å². The van der Waals surface area contributed by atoms with E-state index in [2.05, 4.69) is 49.9 Å². The number of fused-ring (bicyclic) bond motifs is 1. The van der Waals surface area contributed by atoms with Gasteiger partial charge in [0.25, 0.3) is 0 Å². The summed E-state index contributed by atoms with van der Waals surface area (Å²) >= 11 is 0. The van der Waals surface area contributed by atoms with Gasteiger partial charge in [0.05, 0.1) is 11.7 Å². The minimum atomic E-state index is -0.0865. The number of morpholine rings is 1. The molecule has 0 saturated carbocycles. The van der Waals surface area contributed by atoms with Gasteiger partial charge in [0.2, 0.25) is 0 Å². The third-order valence-corrected chi connectivity index (χ3v) is 5.12. The smallest absolute Gasteiger partial charge is 0.0757 e. The van der Waals surface area contributed by atoms with Crippen LogP contribution in [0.4, 0.5) is 0 Å². The van der Waals surface area contributed by atoms with Crippen molar-refractivity contribution in [3.63, 3.8) is 0 Å². The van der Waals surface area contributed by atoms with E-state index in [-0.39, 0.29) is 17.2 Å². The average Bonchev–Trinajstić information content (AvgIpc) is 2.44. The number of hydrogen-bond donors (Lipinski definition) is 1. The summed E-state index contributed by atoms with van der Waals surface area (Å²) in [6.07, 6.45) is 3.64. The second kappa shape index (κ2) is 5.38. The minimum absolute atomic E-state index is 0.0865. The molecule has 1 saturated heterocycles. The summed E-state index contributed by atoms with van der Waals surface area (Å²) in [7, 11) is 0. The molecule has 0 bridgehead atoms. The van der Waals surface area contributed by atoms with Crippen molar-refractivity contribution in [2.45, 2.75) is 57.3 Å². The maximum absolute atomic E-state index is 6.28. The third-order valence-electron chi connectivity index (χ3n) is 5.12. The molecule has 3 rings (SSSR count). The molecule has 1 aromatic carbocycles. The van der Waals surface area contributed by atoms with Gasteiger partial charge in [-0.15, -0.1) is 0 Å². The maximum atomic E-state index is 6.28. The van der Waals surface area contributed by atoms with Crippen LogP contribution in [0.1, 0.15) is 38.3 Å². The lowest BCUT2D eigenvalue weighted by molar-refractivity contribution is -0.154. The number of ether oxygens (including phenoxy) is 1. The van der Waals surface area contributed by atoms with Crippen LogP contribution in [-0.4, -0.2) is 41.8 Å². The Labute approximate surface area is 128 Å². The van der Waals surface area contributed by atoms with Crippen LogP contribution in [-0.2, 0) is 17.6 Å².